The number of halogens is 2. The molecule has 0 radical (unpaired) electrons. The van der Waals surface area contributed by atoms with Crippen molar-refractivity contribution in [3.05, 3.63) is 64.1 Å². The van der Waals surface area contributed by atoms with Gasteiger partial charge in [0.05, 0.1) is 17.5 Å². The molecule has 9 heteroatoms. The molecule has 0 aliphatic rings. The molecule has 0 aliphatic carbocycles. The topological polar surface area (TPSA) is 72.7 Å². The lowest BCUT2D eigenvalue weighted by Crippen LogP contribution is -2.28. The van der Waals surface area contributed by atoms with Gasteiger partial charge in [0.15, 0.2) is 0 Å². The molecule has 3 aromatic rings. The van der Waals surface area contributed by atoms with Crippen LogP contribution >= 0.6 is 35.0 Å². The number of benzene rings is 2. The molecule has 0 aliphatic heterocycles. The number of aromatic nitrogens is 4. The first-order valence-corrected chi connectivity index (χ1v) is 9.49. The molecule has 26 heavy (non-hydrogen) atoms. The molecule has 0 bridgehead atoms. The highest BCUT2D eigenvalue weighted by molar-refractivity contribution is 7.99. The van der Waals surface area contributed by atoms with Crippen LogP contribution in [0.1, 0.15) is 18.5 Å². The molecule has 0 spiro atoms. The zero-order valence-electron chi connectivity index (χ0n) is 13.8. The third-order valence-electron chi connectivity index (χ3n) is 3.59. The molecule has 3 rings (SSSR count). The molecule has 0 fully saturated rings. The van der Waals surface area contributed by atoms with Crippen LogP contribution in [0.3, 0.4) is 0 Å². The van der Waals surface area contributed by atoms with Gasteiger partial charge >= 0.3 is 0 Å². The van der Waals surface area contributed by atoms with Gasteiger partial charge in [0, 0.05) is 10.0 Å². The van der Waals surface area contributed by atoms with E-state index >= 15 is 0 Å². The van der Waals surface area contributed by atoms with Crippen molar-refractivity contribution in [1.29, 1.82) is 0 Å². The number of hydrogen-bond acceptors (Lipinski definition) is 5. The van der Waals surface area contributed by atoms with Gasteiger partial charge in [-0.2, -0.15) is 4.68 Å². The Morgan fingerprint density at radius 3 is 2.38 bits per heavy atom. The van der Waals surface area contributed by atoms with Crippen molar-refractivity contribution in [2.24, 2.45) is 0 Å². The van der Waals surface area contributed by atoms with Crippen molar-refractivity contribution in [2.45, 2.75) is 18.1 Å². The molecule has 2 aromatic carbocycles. The first-order valence-electron chi connectivity index (χ1n) is 7.75. The minimum absolute atomic E-state index is 0.108. The number of carbonyl (C=O) groups excluding carboxylic acids is 1. The molecule has 0 saturated heterocycles. The number of hydrogen-bond donors (Lipinski definition) is 1. The quantitative estimate of drug-likeness (QED) is 0.626. The highest BCUT2D eigenvalue weighted by atomic mass is 35.5. The molecule has 134 valence electrons. The van der Waals surface area contributed by atoms with Crippen LogP contribution in [0.5, 0.6) is 0 Å². The maximum absolute atomic E-state index is 12.2. The maximum atomic E-state index is 12.2. The molecule has 1 atom stereocenters. The van der Waals surface area contributed by atoms with E-state index in [0.717, 1.165) is 11.3 Å². The van der Waals surface area contributed by atoms with Gasteiger partial charge in [-0.3, -0.25) is 4.79 Å². The zero-order valence-corrected chi connectivity index (χ0v) is 16.1. The van der Waals surface area contributed by atoms with E-state index in [1.807, 2.05) is 31.2 Å². The van der Waals surface area contributed by atoms with Gasteiger partial charge in [0.2, 0.25) is 11.1 Å². The van der Waals surface area contributed by atoms with Crippen LogP contribution in [0.25, 0.3) is 5.69 Å². The SMILES string of the molecule is C[C@H](NC(=O)CSc1nnnn1-c1ccc(Cl)cc1)c1ccc(Cl)cc1. The second-order valence-corrected chi connectivity index (χ2v) is 7.29. The summed E-state index contributed by atoms with van der Waals surface area (Å²) in [6, 6.07) is 14.4. The largest absolute Gasteiger partial charge is 0.349 e. The smallest absolute Gasteiger partial charge is 0.230 e. The van der Waals surface area contributed by atoms with E-state index in [-0.39, 0.29) is 17.7 Å². The van der Waals surface area contributed by atoms with Gasteiger partial charge in [-0.05, 0) is 59.3 Å². The monoisotopic (exact) mass is 407 g/mol. The van der Waals surface area contributed by atoms with E-state index in [1.54, 1.807) is 28.9 Å². The average molecular weight is 408 g/mol. The Bertz CT molecular complexity index is 883. The van der Waals surface area contributed by atoms with Gasteiger partial charge < -0.3 is 5.32 Å². The van der Waals surface area contributed by atoms with Crippen LogP contribution in [0, 0.1) is 0 Å². The molecule has 0 saturated carbocycles. The summed E-state index contributed by atoms with van der Waals surface area (Å²) in [4.78, 5) is 12.2. The Morgan fingerprint density at radius 1 is 1.12 bits per heavy atom. The fourth-order valence-electron chi connectivity index (χ4n) is 2.26. The van der Waals surface area contributed by atoms with E-state index in [1.165, 1.54) is 11.8 Å². The molecule has 1 amide bonds. The van der Waals surface area contributed by atoms with Crippen LogP contribution in [0.15, 0.2) is 53.7 Å². The van der Waals surface area contributed by atoms with E-state index in [0.29, 0.717) is 15.2 Å². The summed E-state index contributed by atoms with van der Waals surface area (Å²) < 4.78 is 1.57. The Kier molecular flexibility index (Phi) is 6.13. The number of rotatable bonds is 6. The number of amides is 1. The van der Waals surface area contributed by atoms with E-state index in [4.69, 9.17) is 23.2 Å². The first kappa shape index (κ1) is 18.7. The molecule has 0 unspecified atom stereocenters. The van der Waals surface area contributed by atoms with Crippen LogP contribution in [-0.4, -0.2) is 31.9 Å². The highest BCUT2D eigenvalue weighted by Gasteiger charge is 2.14. The van der Waals surface area contributed by atoms with Gasteiger partial charge in [-0.25, -0.2) is 0 Å². The lowest BCUT2D eigenvalue weighted by molar-refractivity contribution is -0.119. The van der Waals surface area contributed by atoms with Crippen molar-refractivity contribution in [1.82, 2.24) is 25.5 Å². The van der Waals surface area contributed by atoms with Crippen molar-refractivity contribution in [3.63, 3.8) is 0 Å². The second kappa shape index (κ2) is 8.53. The van der Waals surface area contributed by atoms with E-state index < -0.39 is 0 Å². The lowest BCUT2D eigenvalue weighted by atomic mass is 10.1. The van der Waals surface area contributed by atoms with Gasteiger partial charge in [-0.15, -0.1) is 5.10 Å². The molecule has 1 heterocycles. The highest BCUT2D eigenvalue weighted by Crippen LogP contribution is 2.20. The fraction of sp³-hybridized carbons (Fsp3) is 0.176. The fourth-order valence-corrected chi connectivity index (χ4v) is 3.22. The Hall–Kier alpha value is -2.09. The van der Waals surface area contributed by atoms with Gasteiger partial charge in [0.25, 0.3) is 0 Å². The minimum atomic E-state index is -0.118. The van der Waals surface area contributed by atoms with Crippen molar-refractivity contribution >= 4 is 40.9 Å². The van der Waals surface area contributed by atoms with E-state index in [2.05, 4.69) is 20.8 Å². The third kappa shape index (κ3) is 4.75. The predicted molar refractivity (Wildman–Crippen MR) is 103 cm³/mol. The molecular weight excluding hydrogens is 393 g/mol. The minimum Gasteiger partial charge on any atom is -0.349 e. The summed E-state index contributed by atoms with van der Waals surface area (Å²) in [5.74, 6) is 0.0921. The predicted octanol–water partition coefficient (Wildman–Crippen LogP) is 3.94. The van der Waals surface area contributed by atoms with Crippen LogP contribution < -0.4 is 5.32 Å². The van der Waals surface area contributed by atoms with Crippen LogP contribution in [0.2, 0.25) is 10.0 Å². The number of tetrazole rings is 1. The number of nitrogens with zero attached hydrogens (tertiary/aromatic N) is 4. The van der Waals surface area contributed by atoms with Gasteiger partial charge in [0.1, 0.15) is 0 Å². The lowest BCUT2D eigenvalue weighted by Gasteiger charge is -2.14. The standard InChI is InChI=1S/C17H15Cl2N5OS/c1-11(12-2-4-13(18)5-3-12)20-16(25)10-26-17-21-22-23-24(17)15-8-6-14(19)7-9-15/h2-9,11H,10H2,1H3,(H,20,25)/t11-/m0/s1. The summed E-state index contributed by atoms with van der Waals surface area (Å²) in [5.41, 5.74) is 1.76. The molecule has 1 aromatic heterocycles. The summed E-state index contributed by atoms with van der Waals surface area (Å²) in [7, 11) is 0. The molecule has 6 nitrogen and oxygen atoms in total. The summed E-state index contributed by atoms with van der Waals surface area (Å²) >= 11 is 13.0. The van der Waals surface area contributed by atoms with Crippen molar-refractivity contribution in [2.75, 3.05) is 5.75 Å². The summed E-state index contributed by atoms with van der Waals surface area (Å²) in [6.07, 6.45) is 0. The summed E-state index contributed by atoms with van der Waals surface area (Å²) in [5, 5.41) is 16.4. The number of carbonyl (C=O) groups is 1. The Morgan fingerprint density at radius 2 is 1.73 bits per heavy atom. The van der Waals surface area contributed by atoms with E-state index in [9.17, 15) is 4.79 Å². The molecule has 1 N–H and O–H groups in total. The number of nitrogens with one attached hydrogen (secondary N) is 1. The van der Waals surface area contributed by atoms with Crippen LogP contribution in [0.4, 0.5) is 0 Å². The average Bonchev–Trinajstić information content (AvgIpc) is 3.09. The number of thioether (sulfide) groups is 1. The normalized spacial score (nSPS) is 12.0. The Labute approximate surface area is 164 Å². The van der Waals surface area contributed by atoms with Crippen molar-refractivity contribution in [3.8, 4) is 5.69 Å². The second-order valence-electron chi connectivity index (χ2n) is 5.48. The molecular formula is C17H15Cl2N5OS. The maximum Gasteiger partial charge on any atom is 0.230 e. The zero-order chi connectivity index (χ0) is 18.5. The van der Waals surface area contributed by atoms with Crippen LogP contribution in [-0.2, 0) is 4.79 Å². The first-order chi connectivity index (χ1) is 12.5. The van der Waals surface area contributed by atoms with Gasteiger partial charge in [-0.1, -0.05) is 47.1 Å². The van der Waals surface area contributed by atoms with Crippen molar-refractivity contribution < 1.29 is 4.79 Å². The Balaban J connectivity index is 1.59. The third-order valence-corrected chi connectivity index (χ3v) is 5.02. The summed E-state index contributed by atoms with van der Waals surface area (Å²) in [6.45, 7) is 1.92.